The first-order chi connectivity index (χ1) is 9.02. The maximum absolute atomic E-state index is 11.2. The summed E-state index contributed by atoms with van der Waals surface area (Å²) in [5, 5.41) is 18.6. The molecule has 2 heterocycles. The lowest BCUT2D eigenvalue weighted by Gasteiger charge is -2.12. The third kappa shape index (κ3) is 2.86. The first-order valence-corrected chi connectivity index (χ1v) is 6.65. The van der Waals surface area contributed by atoms with Crippen LogP contribution in [-0.4, -0.2) is 46.3 Å². The molecule has 106 valence electrons. The SMILES string of the molecule is CCc1nn(C)c(NCC2CCN(C)C2)c1[N+](=O)[O-]. The van der Waals surface area contributed by atoms with Gasteiger partial charge in [0.1, 0.15) is 5.69 Å². The van der Waals surface area contributed by atoms with Gasteiger partial charge in [0, 0.05) is 20.1 Å². The molecule has 19 heavy (non-hydrogen) atoms. The highest BCUT2D eigenvalue weighted by Crippen LogP contribution is 2.29. The van der Waals surface area contributed by atoms with E-state index >= 15 is 0 Å². The second kappa shape index (κ2) is 5.56. The zero-order chi connectivity index (χ0) is 14.0. The topological polar surface area (TPSA) is 76.2 Å². The number of nitrogens with zero attached hydrogens (tertiary/aromatic N) is 4. The molecular weight excluding hydrogens is 246 g/mol. The normalized spacial score (nSPS) is 19.8. The van der Waals surface area contributed by atoms with E-state index in [-0.39, 0.29) is 10.6 Å². The molecule has 1 aromatic heterocycles. The zero-order valence-electron chi connectivity index (χ0n) is 11.7. The number of hydrogen-bond acceptors (Lipinski definition) is 5. The zero-order valence-corrected chi connectivity index (χ0v) is 11.7. The van der Waals surface area contributed by atoms with Crippen molar-refractivity contribution in [1.82, 2.24) is 14.7 Å². The van der Waals surface area contributed by atoms with Gasteiger partial charge in [0.25, 0.3) is 0 Å². The van der Waals surface area contributed by atoms with Gasteiger partial charge in [0.15, 0.2) is 0 Å². The summed E-state index contributed by atoms with van der Waals surface area (Å²) < 4.78 is 1.58. The number of likely N-dealkylation sites (tertiary alicyclic amines) is 1. The Morgan fingerprint density at radius 2 is 2.26 bits per heavy atom. The minimum absolute atomic E-state index is 0.122. The van der Waals surface area contributed by atoms with Crippen LogP contribution in [-0.2, 0) is 13.5 Å². The summed E-state index contributed by atoms with van der Waals surface area (Å²) in [7, 11) is 3.84. The second-order valence-corrected chi connectivity index (χ2v) is 5.18. The van der Waals surface area contributed by atoms with Gasteiger partial charge < -0.3 is 10.2 Å². The molecule has 0 saturated carbocycles. The van der Waals surface area contributed by atoms with Crippen LogP contribution in [0.25, 0.3) is 0 Å². The lowest BCUT2D eigenvalue weighted by Crippen LogP contribution is -2.20. The molecule has 1 aliphatic rings. The van der Waals surface area contributed by atoms with Crippen LogP contribution in [0.1, 0.15) is 19.0 Å². The van der Waals surface area contributed by atoms with Gasteiger partial charge in [0.05, 0.1) is 4.92 Å². The van der Waals surface area contributed by atoms with Crippen molar-refractivity contribution in [2.45, 2.75) is 19.8 Å². The summed E-state index contributed by atoms with van der Waals surface area (Å²) in [6, 6.07) is 0. The van der Waals surface area contributed by atoms with Crippen molar-refractivity contribution >= 4 is 11.5 Å². The number of rotatable bonds is 5. The molecule has 0 bridgehead atoms. The monoisotopic (exact) mass is 267 g/mol. The Bertz CT molecular complexity index is 471. The summed E-state index contributed by atoms with van der Waals surface area (Å²) in [6.07, 6.45) is 1.70. The number of anilines is 1. The molecule has 1 aliphatic heterocycles. The molecule has 2 rings (SSSR count). The van der Waals surface area contributed by atoms with Crippen LogP contribution in [0.4, 0.5) is 11.5 Å². The molecule has 1 atom stereocenters. The van der Waals surface area contributed by atoms with E-state index in [4.69, 9.17) is 0 Å². The van der Waals surface area contributed by atoms with E-state index in [2.05, 4.69) is 22.4 Å². The van der Waals surface area contributed by atoms with E-state index < -0.39 is 0 Å². The highest BCUT2D eigenvalue weighted by atomic mass is 16.6. The molecule has 1 saturated heterocycles. The lowest BCUT2D eigenvalue weighted by atomic mass is 10.1. The van der Waals surface area contributed by atoms with E-state index in [0.717, 1.165) is 26.1 Å². The standard InChI is InChI=1S/C12H21N5O2/c1-4-10-11(17(18)19)12(16(3)14-10)13-7-9-5-6-15(2)8-9/h9,13H,4-8H2,1-3H3. The maximum atomic E-state index is 11.2. The Balaban J connectivity index is 2.11. The van der Waals surface area contributed by atoms with Crippen molar-refractivity contribution in [3.05, 3.63) is 15.8 Å². The van der Waals surface area contributed by atoms with E-state index in [1.807, 2.05) is 6.92 Å². The van der Waals surface area contributed by atoms with Gasteiger partial charge in [-0.05, 0) is 32.4 Å². The minimum atomic E-state index is -0.338. The molecule has 1 aromatic rings. The van der Waals surface area contributed by atoms with Gasteiger partial charge in [-0.2, -0.15) is 5.10 Å². The third-order valence-electron chi connectivity index (χ3n) is 3.66. The summed E-state index contributed by atoms with van der Waals surface area (Å²) in [5.41, 5.74) is 0.662. The first-order valence-electron chi connectivity index (χ1n) is 6.65. The fourth-order valence-electron chi connectivity index (χ4n) is 2.63. The van der Waals surface area contributed by atoms with Crippen LogP contribution in [0.15, 0.2) is 0 Å². The van der Waals surface area contributed by atoms with E-state index in [0.29, 0.717) is 23.9 Å². The average molecular weight is 267 g/mol. The molecule has 7 heteroatoms. The van der Waals surface area contributed by atoms with Crippen LogP contribution >= 0.6 is 0 Å². The molecule has 1 unspecified atom stereocenters. The summed E-state index contributed by atoms with van der Waals surface area (Å²) in [5.74, 6) is 1.07. The van der Waals surface area contributed by atoms with Gasteiger partial charge in [-0.3, -0.25) is 10.1 Å². The summed E-state index contributed by atoms with van der Waals surface area (Å²) >= 11 is 0. The van der Waals surface area contributed by atoms with Gasteiger partial charge in [0.2, 0.25) is 5.82 Å². The average Bonchev–Trinajstić information content (AvgIpc) is 2.90. The molecular formula is C12H21N5O2. The molecule has 0 aromatic carbocycles. The Hall–Kier alpha value is -1.63. The Morgan fingerprint density at radius 3 is 2.79 bits per heavy atom. The van der Waals surface area contributed by atoms with Crippen molar-refractivity contribution in [2.24, 2.45) is 13.0 Å². The van der Waals surface area contributed by atoms with Crippen LogP contribution < -0.4 is 5.32 Å². The number of nitro groups is 1. The van der Waals surface area contributed by atoms with Crippen molar-refractivity contribution < 1.29 is 4.92 Å². The van der Waals surface area contributed by atoms with Crippen LogP contribution in [0.2, 0.25) is 0 Å². The summed E-state index contributed by atoms with van der Waals surface area (Å²) in [4.78, 5) is 13.1. The van der Waals surface area contributed by atoms with E-state index in [1.165, 1.54) is 0 Å². The van der Waals surface area contributed by atoms with Crippen LogP contribution in [0.3, 0.4) is 0 Å². The van der Waals surface area contributed by atoms with Crippen molar-refractivity contribution in [3.63, 3.8) is 0 Å². The van der Waals surface area contributed by atoms with E-state index in [9.17, 15) is 10.1 Å². The number of nitrogens with one attached hydrogen (secondary N) is 1. The van der Waals surface area contributed by atoms with Crippen LogP contribution in [0, 0.1) is 16.0 Å². The third-order valence-corrected chi connectivity index (χ3v) is 3.66. The molecule has 0 radical (unpaired) electrons. The highest BCUT2D eigenvalue weighted by molar-refractivity contribution is 5.59. The maximum Gasteiger partial charge on any atom is 0.333 e. The van der Waals surface area contributed by atoms with Crippen molar-refractivity contribution in [1.29, 1.82) is 0 Å². The Labute approximate surface area is 112 Å². The van der Waals surface area contributed by atoms with E-state index in [1.54, 1.807) is 11.7 Å². The molecule has 0 aliphatic carbocycles. The molecule has 0 amide bonds. The number of hydrogen-bond donors (Lipinski definition) is 1. The molecule has 1 fully saturated rings. The Morgan fingerprint density at radius 1 is 1.53 bits per heavy atom. The molecule has 0 spiro atoms. The second-order valence-electron chi connectivity index (χ2n) is 5.18. The van der Waals surface area contributed by atoms with Gasteiger partial charge in [-0.15, -0.1) is 0 Å². The molecule has 7 nitrogen and oxygen atoms in total. The Kier molecular flexibility index (Phi) is 4.04. The van der Waals surface area contributed by atoms with Crippen LogP contribution in [0.5, 0.6) is 0 Å². The van der Waals surface area contributed by atoms with Gasteiger partial charge in [-0.25, -0.2) is 4.68 Å². The molecule has 1 N–H and O–H groups in total. The first kappa shape index (κ1) is 13.8. The van der Waals surface area contributed by atoms with Gasteiger partial charge in [-0.1, -0.05) is 6.92 Å². The highest BCUT2D eigenvalue weighted by Gasteiger charge is 2.27. The van der Waals surface area contributed by atoms with Crippen molar-refractivity contribution in [3.8, 4) is 0 Å². The lowest BCUT2D eigenvalue weighted by molar-refractivity contribution is -0.384. The minimum Gasteiger partial charge on any atom is -0.364 e. The fourth-order valence-corrected chi connectivity index (χ4v) is 2.63. The van der Waals surface area contributed by atoms with Gasteiger partial charge >= 0.3 is 5.69 Å². The predicted octanol–water partition coefficient (Wildman–Crippen LogP) is 1.25. The smallest absolute Gasteiger partial charge is 0.333 e. The number of aromatic nitrogens is 2. The summed E-state index contributed by atoms with van der Waals surface area (Å²) in [6.45, 7) is 4.78. The quantitative estimate of drug-likeness (QED) is 0.642. The fraction of sp³-hybridized carbons (Fsp3) is 0.750. The largest absolute Gasteiger partial charge is 0.364 e. The van der Waals surface area contributed by atoms with Crippen molar-refractivity contribution in [2.75, 3.05) is 32.0 Å². The predicted molar refractivity (Wildman–Crippen MR) is 73.3 cm³/mol. The number of aryl methyl sites for hydroxylation is 2.